The summed E-state index contributed by atoms with van der Waals surface area (Å²) in [5.41, 5.74) is 2.56. The molecule has 0 aliphatic rings. The van der Waals surface area contributed by atoms with E-state index in [0.717, 1.165) is 17.5 Å². The fourth-order valence-corrected chi connectivity index (χ4v) is 1.32. The van der Waals surface area contributed by atoms with Gasteiger partial charge in [-0.15, -0.1) is 0 Å². The molecule has 0 spiro atoms. The zero-order valence-corrected chi connectivity index (χ0v) is 8.84. The number of benzene rings is 1. The first-order valence-corrected chi connectivity index (χ1v) is 4.89. The molecule has 0 unspecified atom stereocenters. The van der Waals surface area contributed by atoms with Crippen molar-refractivity contribution in [1.82, 2.24) is 9.97 Å². The van der Waals surface area contributed by atoms with Crippen LogP contribution in [0.2, 0.25) is 0 Å². The third-order valence-electron chi connectivity index (χ3n) is 2.08. The maximum atomic E-state index is 10.4. The predicted octanol–water partition coefficient (Wildman–Crippen LogP) is 2.34. The van der Waals surface area contributed by atoms with E-state index in [4.69, 9.17) is 0 Å². The van der Waals surface area contributed by atoms with Gasteiger partial charge in [0, 0.05) is 18.1 Å². The number of nitrogens with zero attached hydrogens (tertiary/aromatic N) is 2. The van der Waals surface area contributed by atoms with E-state index < -0.39 is 0 Å². The number of carbonyl (C=O) groups is 1. The molecule has 1 aromatic carbocycles. The molecule has 0 atom stereocenters. The summed E-state index contributed by atoms with van der Waals surface area (Å²) in [5, 5.41) is 3.06. The Morgan fingerprint density at radius 1 is 1.25 bits per heavy atom. The summed E-state index contributed by atoms with van der Waals surface area (Å²) < 4.78 is 0. The van der Waals surface area contributed by atoms with E-state index in [1.54, 1.807) is 0 Å². The molecule has 2 aromatic rings. The summed E-state index contributed by atoms with van der Waals surface area (Å²) in [5.74, 6) is 0.483. The first-order valence-electron chi connectivity index (χ1n) is 4.89. The Morgan fingerprint density at radius 3 is 2.62 bits per heavy atom. The van der Waals surface area contributed by atoms with Gasteiger partial charge in [0.25, 0.3) is 0 Å². The van der Waals surface area contributed by atoms with Gasteiger partial charge in [-0.1, -0.05) is 12.1 Å². The summed E-state index contributed by atoms with van der Waals surface area (Å²) >= 11 is 0. The normalized spacial score (nSPS) is 9.81. The maximum Gasteiger partial charge on any atom is 0.227 e. The van der Waals surface area contributed by atoms with E-state index in [0.29, 0.717) is 11.5 Å². The molecule has 0 radical (unpaired) electrons. The SMILES string of the molecule is Cc1cccc(Nc2ncc(C=O)cn2)c1. The van der Waals surface area contributed by atoms with Gasteiger partial charge in [0.2, 0.25) is 5.95 Å². The third kappa shape index (κ3) is 2.42. The lowest BCUT2D eigenvalue weighted by atomic mass is 10.2. The van der Waals surface area contributed by atoms with Gasteiger partial charge in [-0.2, -0.15) is 0 Å². The lowest BCUT2D eigenvalue weighted by Crippen LogP contribution is -1.97. The number of hydrogen-bond donors (Lipinski definition) is 1. The van der Waals surface area contributed by atoms with Crippen LogP contribution in [0.25, 0.3) is 0 Å². The molecule has 2 rings (SSSR count). The van der Waals surface area contributed by atoms with Crippen molar-refractivity contribution in [1.29, 1.82) is 0 Å². The zero-order valence-electron chi connectivity index (χ0n) is 8.84. The second-order valence-corrected chi connectivity index (χ2v) is 3.45. The molecule has 0 aliphatic carbocycles. The van der Waals surface area contributed by atoms with Crippen LogP contribution in [0.1, 0.15) is 15.9 Å². The monoisotopic (exact) mass is 213 g/mol. The van der Waals surface area contributed by atoms with Crippen LogP contribution >= 0.6 is 0 Å². The fraction of sp³-hybridized carbons (Fsp3) is 0.0833. The molecule has 0 saturated heterocycles. The van der Waals surface area contributed by atoms with Crippen molar-refractivity contribution < 1.29 is 4.79 Å². The number of anilines is 2. The number of hydrogen-bond acceptors (Lipinski definition) is 4. The molecule has 0 fully saturated rings. The van der Waals surface area contributed by atoms with E-state index in [9.17, 15) is 4.79 Å². The molecule has 1 heterocycles. The summed E-state index contributed by atoms with van der Waals surface area (Å²) in [6.45, 7) is 2.02. The van der Waals surface area contributed by atoms with Gasteiger partial charge in [0.1, 0.15) is 0 Å². The molecular formula is C12H11N3O. The van der Waals surface area contributed by atoms with Crippen molar-refractivity contribution in [3.05, 3.63) is 47.8 Å². The standard InChI is InChI=1S/C12H11N3O/c1-9-3-2-4-11(5-9)15-12-13-6-10(8-16)7-14-12/h2-8H,1H3,(H,13,14,15). The van der Waals surface area contributed by atoms with Crippen LogP contribution < -0.4 is 5.32 Å². The first kappa shape index (κ1) is 10.3. The van der Waals surface area contributed by atoms with Gasteiger partial charge < -0.3 is 5.32 Å². The van der Waals surface area contributed by atoms with Crippen LogP contribution in [0.15, 0.2) is 36.7 Å². The van der Waals surface area contributed by atoms with Crippen LogP contribution in [-0.4, -0.2) is 16.3 Å². The minimum absolute atomic E-state index is 0.467. The Morgan fingerprint density at radius 2 is 2.00 bits per heavy atom. The van der Waals surface area contributed by atoms with E-state index in [2.05, 4.69) is 15.3 Å². The van der Waals surface area contributed by atoms with Crippen molar-refractivity contribution >= 4 is 17.9 Å². The van der Waals surface area contributed by atoms with E-state index in [-0.39, 0.29) is 0 Å². The predicted molar refractivity (Wildman–Crippen MR) is 61.9 cm³/mol. The number of nitrogens with one attached hydrogen (secondary N) is 1. The van der Waals surface area contributed by atoms with E-state index in [1.807, 2.05) is 31.2 Å². The third-order valence-corrected chi connectivity index (χ3v) is 2.08. The molecule has 1 aromatic heterocycles. The number of aldehydes is 1. The van der Waals surface area contributed by atoms with Crippen LogP contribution in [-0.2, 0) is 0 Å². The Labute approximate surface area is 93.4 Å². The molecule has 0 bridgehead atoms. The van der Waals surface area contributed by atoms with Gasteiger partial charge in [0.05, 0.1) is 5.56 Å². The Hall–Kier alpha value is -2.23. The van der Waals surface area contributed by atoms with Gasteiger partial charge >= 0.3 is 0 Å². The number of aryl methyl sites for hydroxylation is 1. The van der Waals surface area contributed by atoms with Crippen LogP contribution in [0.3, 0.4) is 0 Å². The molecule has 4 heteroatoms. The second kappa shape index (κ2) is 4.53. The fourth-order valence-electron chi connectivity index (χ4n) is 1.32. The van der Waals surface area contributed by atoms with Crippen LogP contribution in [0.5, 0.6) is 0 Å². The summed E-state index contributed by atoms with van der Waals surface area (Å²) in [4.78, 5) is 18.5. The summed E-state index contributed by atoms with van der Waals surface area (Å²) in [6.07, 6.45) is 3.69. The van der Waals surface area contributed by atoms with Crippen molar-refractivity contribution in [3.63, 3.8) is 0 Å². The van der Waals surface area contributed by atoms with Crippen molar-refractivity contribution in [3.8, 4) is 0 Å². The van der Waals surface area contributed by atoms with Gasteiger partial charge in [-0.25, -0.2) is 9.97 Å². The molecule has 0 aliphatic heterocycles. The second-order valence-electron chi connectivity index (χ2n) is 3.45. The molecule has 0 amide bonds. The highest BCUT2D eigenvalue weighted by Gasteiger charge is 1.97. The highest BCUT2D eigenvalue weighted by molar-refractivity contribution is 5.73. The Kier molecular flexibility index (Phi) is 2.91. The van der Waals surface area contributed by atoms with Crippen molar-refractivity contribution in [2.75, 3.05) is 5.32 Å². The van der Waals surface area contributed by atoms with E-state index >= 15 is 0 Å². The average Bonchev–Trinajstić information content (AvgIpc) is 2.30. The van der Waals surface area contributed by atoms with Gasteiger partial charge in [0.15, 0.2) is 6.29 Å². The minimum atomic E-state index is 0.467. The Balaban J connectivity index is 2.17. The summed E-state index contributed by atoms with van der Waals surface area (Å²) in [7, 11) is 0. The van der Waals surface area contributed by atoms with Crippen molar-refractivity contribution in [2.24, 2.45) is 0 Å². The first-order chi connectivity index (χ1) is 7.78. The van der Waals surface area contributed by atoms with Crippen molar-refractivity contribution in [2.45, 2.75) is 6.92 Å². The molecule has 80 valence electrons. The average molecular weight is 213 g/mol. The molecular weight excluding hydrogens is 202 g/mol. The zero-order chi connectivity index (χ0) is 11.4. The highest BCUT2D eigenvalue weighted by Crippen LogP contribution is 2.13. The number of rotatable bonds is 3. The molecule has 1 N–H and O–H groups in total. The topological polar surface area (TPSA) is 54.9 Å². The van der Waals surface area contributed by atoms with Gasteiger partial charge in [-0.3, -0.25) is 4.79 Å². The van der Waals surface area contributed by atoms with Crippen LogP contribution in [0, 0.1) is 6.92 Å². The lowest BCUT2D eigenvalue weighted by Gasteiger charge is -2.04. The molecule has 0 saturated carbocycles. The largest absolute Gasteiger partial charge is 0.324 e. The van der Waals surface area contributed by atoms with Crippen LogP contribution in [0.4, 0.5) is 11.6 Å². The quantitative estimate of drug-likeness (QED) is 0.795. The minimum Gasteiger partial charge on any atom is -0.324 e. The highest BCUT2D eigenvalue weighted by atomic mass is 16.1. The number of carbonyl (C=O) groups excluding carboxylic acids is 1. The van der Waals surface area contributed by atoms with E-state index in [1.165, 1.54) is 12.4 Å². The smallest absolute Gasteiger partial charge is 0.227 e. The molecule has 4 nitrogen and oxygen atoms in total. The number of aromatic nitrogens is 2. The maximum absolute atomic E-state index is 10.4. The molecule has 16 heavy (non-hydrogen) atoms. The lowest BCUT2D eigenvalue weighted by molar-refractivity contribution is 0.112. The summed E-state index contributed by atoms with van der Waals surface area (Å²) in [6, 6.07) is 7.90. The van der Waals surface area contributed by atoms with Gasteiger partial charge in [-0.05, 0) is 24.6 Å². The Bertz CT molecular complexity index is 494.